The molecule has 0 radical (unpaired) electrons. The van der Waals surface area contributed by atoms with Crippen LogP contribution in [0.2, 0.25) is 10.0 Å². The van der Waals surface area contributed by atoms with Gasteiger partial charge in [0.05, 0.1) is 10.7 Å². The Morgan fingerprint density at radius 2 is 1.93 bits per heavy atom. The van der Waals surface area contributed by atoms with Crippen LogP contribution in [0.5, 0.6) is 0 Å². The van der Waals surface area contributed by atoms with Gasteiger partial charge in [0.2, 0.25) is 5.82 Å². The summed E-state index contributed by atoms with van der Waals surface area (Å²) in [6.45, 7) is 4.24. The first-order valence-corrected chi connectivity index (χ1v) is 9.05. The number of halogens is 2. The van der Waals surface area contributed by atoms with E-state index in [1.54, 1.807) is 24.3 Å². The van der Waals surface area contributed by atoms with E-state index >= 15 is 0 Å². The second-order valence-corrected chi connectivity index (χ2v) is 6.93. The van der Waals surface area contributed by atoms with Crippen molar-refractivity contribution in [3.8, 4) is 11.3 Å². The summed E-state index contributed by atoms with van der Waals surface area (Å²) < 4.78 is 0. The highest BCUT2D eigenvalue weighted by Crippen LogP contribution is 2.29. The molecule has 5 nitrogen and oxygen atoms in total. The molecular weight excluding hydrogens is 383 g/mol. The zero-order valence-corrected chi connectivity index (χ0v) is 16.4. The molecule has 0 aliphatic rings. The van der Waals surface area contributed by atoms with Crippen molar-refractivity contribution in [3.05, 3.63) is 75.2 Å². The van der Waals surface area contributed by atoms with Gasteiger partial charge in [-0.05, 0) is 54.8 Å². The Kier molecular flexibility index (Phi) is 5.75. The lowest BCUT2D eigenvalue weighted by Gasteiger charge is -2.14. The smallest absolute Gasteiger partial charge is 0.293 e. The SMILES string of the molecule is Cc1ccc(CN)c(C)c1NC(=O)c1nccc(-c2cc(Cl)ccc2Cl)n1. The van der Waals surface area contributed by atoms with Crippen LogP contribution in [0.1, 0.15) is 27.3 Å². The van der Waals surface area contributed by atoms with Gasteiger partial charge >= 0.3 is 0 Å². The molecule has 0 bridgehead atoms. The number of hydrogen-bond donors (Lipinski definition) is 2. The van der Waals surface area contributed by atoms with Crippen molar-refractivity contribution in [2.45, 2.75) is 20.4 Å². The third kappa shape index (κ3) is 4.11. The molecule has 0 unspecified atom stereocenters. The zero-order valence-electron chi connectivity index (χ0n) is 14.9. The van der Waals surface area contributed by atoms with Crippen molar-refractivity contribution in [2.75, 3.05) is 5.32 Å². The summed E-state index contributed by atoms with van der Waals surface area (Å²) in [7, 11) is 0. The number of nitrogens with zero attached hydrogens (tertiary/aromatic N) is 2. The molecule has 0 spiro atoms. The summed E-state index contributed by atoms with van der Waals surface area (Å²) in [6, 6.07) is 10.6. The van der Waals surface area contributed by atoms with Crippen molar-refractivity contribution < 1.29 is 4.79 Å². The molecule has 0 saturated heterocycles. The largest absolute Gasteiger partial charge is 0.326 e. The summed E-state index contributed by atoms with van der Waals surface area (Å²) in [6.07, 6.45) is 1.52. The minimum absolute atomic E-state index is 0.0421. The van der Waals surface area contributed by atoms with Gasteiger partial charge in [0.25, 0.3) is 5.91 Å². The molecule has 0 aliphatic heterocycles. The minimum Gasteiger partial charge on any atom is -0.326 e. The predicted octanol–water partition coefficient (Wildman–Crippen LogP) is 4.78. The maximum atomic E-state index is 12.7. The van der Waals surface area contributed by atoms with Gasteiger partial charge in [-0.1, -0.05) is 35.3 Å². The lowest BCUT2D eigenvalue weighted by molar-refractivity contribution is 0.101. The Bertz CT molecular complexity index is 1020. The van der Waals surface area contributed by atoms with E-state index in [4.69, 9.17) is 28.9 Å². The summed E-state index contributed by atoms with van der Waals surface area (Å²) in [5.74, 6) is -0.365. The number of nitrogens with two attached hydrogens (primary N) is 1. The molecule has 0 aliphatic carbocycles. The van der Waals surface area contributed by atoms with Crippen molar-refractivity contribution in [2.24, 2.45) is 5.73 Å². The number of carbonyl (C=O) groups excluding carboxylic acids is 1. The predicted molar refractivity (Wildman–Crippen MR) is 109 cm³/mol. The molecule has 1 amide bonds. The highest BCUT2D eigenvalue weighted by molar-refractivity contribution is 6.35. The molecule has 1 heterocycles. The Morgan fingerprint density at radius 3 is 2.67 bits per heavy atom. The average Bonchev–Trinajstić information content (AvgIpc) is 2.67. The number of hydrogen-bond acceptors (Lipinski definition) is 4. The van der Waals surface area contributed by atoms with Crippen molar-refractivity contribution in [1.29, 1.82) is 0 Å². The molecule has 3 N–H and O–H groups in total. The van der Waals surface area contributed by atoms with Crippen LogP contribution in [0.25, 0.3) is 11.3 Å². The number of nitrogens with one attached hydrogen (secondary N) is 1. The molecule has 0 fully saturated rings. The molecule has 3 aromatic rings. The van der Waals surface area contributed by atoms with Crippen molar-refractivity contribution in [3.63, 3.8) is 0 Å². The maximum absolute atomic E-state index is 12.7. The zero-order chi connectivity index (χ0) is 19.6. The maximum Gasteiger partial charge on any atom is 0.293 e. The first-order valence-electron chi connectivity index (χ1n) is 8.29. The molecule has 0 atom stereocenters. The molecule has 7 heteroatoms. The Labute approximate surface area is 167 Å². The van der Waals surface area contributed by atoms with E-state index in [0.29, 0.717) is 27.8 Å². The van der Waals surface area contributed by atoms with Gasteiger partial charge < -0.3 is 11.1 Å². The number of anilines is 1. The van der Waals surface area contributed by atoms with Crippen LogP contribution in [-0.2, 0) is 6.54 Å². The standard InChI is InChI=1S/C20H18Cl2N4O/c1-11-3-4-13(10-23)12(2)18(11)26-20(27)19-24-8-7-17(25-19)15-9-14(21)5-6-16(15)22/h3-9H,10,23H2,1-2H3,(H,26,27). The first-order chi connectivity index (χ1) is 12.9. The van der Waals surface area contributed by atoms with Gasteiger partial charge in [0.15, 0.2) is 0 Å². The molecule has 27 heavy (non-hydrogen) atoms. The Hall–Kier alpha value is -2.47. The number of rotatable bonds is 4. The van der Waals surface area contributed by atoms with Gasteiger partial charge in [-0.25, -0.2) is 9.97 Å². The number of amides is 1. The summed E-state index contributed by atoms with van der Waals surface area (Å²) in [5.41, 5.74) is 10.5. The fraction of sp³-hybridized carbons (Fsp3) is 0.150. The van der Waals surface area contributed by atoms with Crippen LogP contribution in [-0.4, -0.2) is 15.9 Å². The van der Waals surface area contributed by atoms with E-state index in [1.165, 1.54) is 6.20 Å². The van der Waals surface area contributed by atoms with Gasteiger partial charge in [0, 0.05) is 29.0 Å². The van der Waals surface area contributed by atoms with E-state index in [-0.39, 0.29) is 5.82 Å². The monoisotopic (exact) mass is 400 g/mol. The van der Waals surface area contributed by atoms with E-state index < -0.39 is 5.91 Å². The normalized spacial score (nSPS) is 10.7. The lowest BCUT2D eigenvalue weighted by atomic mass is 10.0. The minimum atomic E-state index is -0.407. The number of benzene rings is 2. The van der Waals surface area contributed by atoms with Gasteiger partial charge in [-0.15, -0.1) is 0 Å². The highest BCUT2D eigenvalue weighted by atomic mass is 35.5. The van der Waals surface area contributed by atoms with Gasteiger partial charge in [0.1, 0.15) is 0 Å². The summed E-state index contributed by atoms with van der Waals surface area (Å²) >= 11 is 12.3. The van der Waals surface area contributed by atoms with E-state index in [9.17, 15) is 4.79 Å². The Morgan fingerprint density at radius 1 is 1.15 bits per heavy atom. The molecule has 3 rings (SSSR count). The first kappa shape index (κ1) is 19.3. The quantitative estimate of drug-likeness (QED) is 0.660. The topological polar surface area (TPSA) is 80.9 Å². The molecule has 2 aromatic carbocycles. The third-order valence-corrected chi connectivity index (χ3v) is 4.87. The van der Waals surface area contributed by atoms with Crippen molar-refractivity contribution >= 4 is 34.8 Å². The van der Waals surface area contributed by atoms with E-state index in [2.05, 4.69) is 15.3 Å². The number of aromatic nitrogens is 2. The number of carbonyl (C=O) groups is 1. The molecule has 0 saturated carbocycles. The van der Waals surface area contributed by atoms with E-state index in [0.717, 1.165) is 22.4 Å². The molecular formula is C20H18Cl2N4O. The average molecular weight is 401 g/mol. The molecule has 1 aromatic heterocycles. The second kappa shape index (κ2) is 8.05. The fourth-order valence-electron chi connectivity index (χ4n) is 2.79. The van der Waals surface area contributed by atoms with Gasteiger partial charge in [-0.2, -0.15) is 0 Å². The van der Waals surface area contributed by atoms with Crippen LogP contribution in [0.3, 0.4) is 0 Å². The number of aryl methyl sites for hydroxylation is 1. The van der Waals surface area contributed by atoms with E-state index in [1.807, 2.05) is 26.0 Å². The Balaban J connectivity index is 1.94. The fourth-order valence-corrected chi connectivity index (χ4v) is 3.17. The van der Waals surface area contributed by atoms with Crippen LogP contribution in [0, 0.1) is 13.8 Å². The lowest BCUT2D eigenvalue weighted by Crippen LogP contribution is -2.18. The van der Waals surface area contributed by atoms with Crippen LogP contribution < -0.4 is 11.1 Å². The third-order valence-electron chi connectivity index (χ3n) is 4.31. The van der Waals surface area contributed by atoms with Crippen LogP contribution >= 0.6 is 23.2 Å². The highest BCUT2D eigenvalue weighted by Gasteiger charge is 2.16. The second-order valence-electron chi connectivity index (χ2n) is 6.09. The summed E-state index contributed by atoms with van der Waals surface area (Å²) in [5, 5.41) is 3.92. The van der Waals surface area contributed by atoms with Crippen LogP contribution in [0.15, 0.2) is 42.6 Å². The van der Waals surface area contributed by atoms with Crippen molar-refractivity contribution in [1.82, 2.24) is 9.97 Å². The molecule has 138 valence electrons. The van der Waals surface area contributed by atoms with Crippen LogP contribution in [0.4, 0.5) is 5.69 Å². The van der Waals surface area contributed by atoms with Gasteiger partial charge in [-0.3, -0.25) is 4.79 Å². The summed E-state index contributed by atoms with van der Waals surface area (Å²) in [4.78, 5) is 21.2.